The first-order chi connectivity index (χ1) is 28.3. The van der Waals surface area contributed by atoms with Crippen molar-refractivity contribution in [2.75, 3.05) is 32.2 Å². The topological polar surface area (TPSA) is 135 Å². The van der Waals surface area contributed by atoms with E-state index in [1.807, 2.05) is 21.6 Å². The molecule has 3 atom stereocenters. The lowest BCUT2D eigenvalue weighted by molar-refractivity contribution is -0.161. The molecule has 0 aromatic carbocycles. The van der Waals surface area contributed by atoms with Crippen LogP contribution in [0.4, 0.5) is 0 Å². The Morgan fingerprint density at radius 2 is 0.983 bits per heavy atom. The molecule has 0 radical (unpaired) electrons. The summed E-state index contributed by atoms with van der Waals surface area (Å²) in [6.45, 7) is 3.22. The van der Waals surface area contributed by atoms with Crippen LogP contribution in [0.2, 0.25) is 0 Å². The third-order valence-electron chi connectivity index (χ3n) is 10.6. The molecule has 1 saturated heterocycles. The third-order valence-corrected chi connectivity index (χ3v) is 14.6. The minimum atomic E-state index is -4.56. The fourth-order valence-electron chi connectivity index (χ4n) is 6.99. The number of carbonyl (C=O) groups is 3. The van der Waals surface area contributed by atoms with Crippen molar-refractivity contribution in [3.05, 3.63) is 0 Å². The molecule has 2 unspecified atom stereocenters. The van der Waals surface area contributed by atoms with E-state index in [1.54, 1.807) is 0 Å². The van der Waals surface area contributed by atoms with Gasteiger partial charge in [0.2, 0.25) is 0 Å². The minimum absolute atomic E-state index is 0.184. The Balaban J connectivity index is 2.34. The number of unbranched alkanes of at least 4 members (excludes halogenated alkanes) is 25. The van der Waals surface area contributed by atoms with Gasteiger partial charge in [-0.05, 0) is 32.1 Å². The lowest BCUT2D eigenvalue weighted by Gasteiger charge is -2.20. The first kappa shape index (κ1) is 55.2. The summed E-state index contributed by atoms with van der Waals surface area (Å²) in [6, 6.07) is 0. The van der Waals surface area contributed by atoms with Gasteiger partial charge in [0.05, 0.1) is 13.2 Å². The van der Waals surface area contributed by atoms with Gasteiger partial charge in [0, 0.05) is 30.3 Å². The van der Waals surface area contributed by atoms with Gasteiger partial charge in [-0.25, -0.2) is 4.57 Å². The van der Waals surface area contributed by atoms with E-state index in [0.29, 0.717) is 18.1 Å². The Morgan fingerprint density at radius 1 is 0.552 bits per heavy atom. The van der Waals surface area contributed by atoms with Crippen LogP contribution in [0.3, 0.4) is 0 Å². The maximum atomic E-state index is 12.7. The summed E-state index contributed by atoms with van der Waals surface area (Å²) in [6.07, 6.45) is 35.1. The molecule has 1 heterocycles. The highest BCUT2D eigenvalue weighted by Crippen LogP contribution is 2.43. The molecule has 0 aliphatic carbocycles. The SMILES string of the molecule is CCCCCCCCCCCCCCCC(=O)OC[C@H](COP(=O)(O)OCCOC(=O)CCCCC1CCSS1)OC(=O)CCCCCCCCCCCCCCC. The van der Waals surface area contributed by atoms with Gasteiger partial charge in [-0.1, -0.05) is 196 Å². The molecule has 10 nitrogen and oxygen atoms in total. The summed E-state index contributed by atoms with van der Waals surface area (Å²) >= 11 is 0. The van der Waals surface area contributed by atoms with Crippen molar-refractivity contribution >= 4 is 47.3 Å². The van der Waals surface area contributed by atoms with Gasteiger partial charge < -0.3 is 19.1 Å². The van der Waals surface area contributed by atoms with Crippen LogP contribution < -0.4 is 0 Å². The van der Waals surface area contributed by atoms with Gasteiger partial charge in [-0.15, -0.1) is 0 Å². The highest BCUT2D eigenvalue weighted by molar-refractivity contribution is 8.77. The van der Waals surface area contributed by atoms with Crippen LogP contribution in [0, 0.1) is 0 Å². The van der Waals surface area contributed by atoms with Gasteiger partial charge >= 0.3 is 25.7 Å². The number of carbonyl (C=O) groups excluding carboxylic acids is 3. The molecule has 1 fully saturated rings. The van der Waals surface area contributed by atoms with Crippen molar-refractivity contribution in [2.24, 2.45) is 0 Å². The molecule has 0 saturated carbocycles. The first-order valence-electron chi connectivity index (χ1n) is 23.7. The maximum Gasteiger partial charge on any atom is 0.472 e. The van der Waals surface area contributed by atoms with Crippen LogP contribution in [0.15, 0.2) is 0 Å². The number of rotatable bonds is 43. The van der Waals surface area contributed by atoms with E-state index < -0.39 is 32.5 Å². The summed E-state index contributed by atoms with van der Waals surface area (Å²) < 4.78 is 38.9. The standard InChI is InChI=1S/C45H85O10PS2/c1-3-5-7-9-11-13-15-17-19-21-23-25-27-32-44(47)52-39-41(55-45(48)34-28-26-24-22-20-18-16-14-12-10-8-6-4-2)40-54-56(49,50)53-37-36-51-43(46)33-30-29-31-42-35-38-57-58-42/h41-42H,3-40H2,1-2H3,(H,49,50)/t41-,42?/m1/s1. The normalized spacial score (nSPS) is 15.6. The lowest BCUT2D eigenvalue weighted by atomic mass is 10.0. The molecule has 1 N–H and O–H groups in total. The number of hydrogen-bond acceptors (Lipinski definition) is 11. The van der Waals surface area contributed by atoms with Crippen molar-refractivity contribution in [3.8, 4) is 0 Å². The van der Waals surface area contributed by atoms with E-state index in [-0.39, 0.29) is 38.6 Å². The molecule has 58 heavy (non-hydrogen) atoms. The van der Waals surface area contributed by atoms with E-state index in [2.05, 4.69) is 13.8 Å². The van der Waals surface area contributed by atoms with Crippen LogP contribution in [-0.2, 0) is 42.2 Å². The molecule has 0 bridgehead atoms. The molecule has 0 spiro atoms. The molecule has 0 amide bonds. The summed E-state index contributed by atoms with van der Waals surface area (Å²) in [4.78, 5) is 47.6. The molecular formula is C45H85O10PS2. The number of esters is 3. The monoisotopic (exact) mass is 881 g/mol. The zero-order chi connectivity index (χ0) is 42.2. The molecule has 1 aliphatic heterocycles. The minimum Gasteiger partial charge on any atom is -0.463 e. The summed E-state index contributed by atoms with van der Waals surface area (Å²) in [5.41, 5.74) is 0. The van der Waals surface area contributed by atoms with Gasteiger partial charge in [0.25, 0.3) is 0 Å². The Morgan fingerprint density at radius 3 is 1.45 bits per heavy atom. The van der Waals surface area contributed by atoms with Gasteiger partial charge in [0.1, 0.15) is 13.2 Å². The Kier molecular flexibility index (Phi) is 38.4. The molecular weight excluding hydrogens is 796 g/mol. The summed E-state index contributed by atoms with van der Waals surface area (Å²) in [7, 11) is -0.729. The van der Waals surface area contributed by atoms with Crippen LogP contribution in [0.1, 0.15) is 226 Å². The van der Waals surface area contributed by atoms with E-state index in [0.717, 1.165) is 57.8 Å². The molecule has 342 valence electrons. The Bertz CT molecular complexity index is 1030. The zero-order valence-corrected chi connectivity index (χ0v) is 39.4. The van der Waals surface area contributed by atoms with Gasteiger partial charge in [0.15, 0.2) is 6.10 Å². The maximum absolute atomic E-state index is 12.7. The third kappa shape index (κ3) is 37.0. The predicted octanol–water partition coefficient (Wildman–Crippen LogP) is 13.8. The quantitative estimate of drug-likeness (QED) is 0.0205. The number of phosphoric ester groups is 1. The fraction of sp³-hybridized carbons (Fsp3) is 0.933. The average Bonchev–Trinajstić information content (AvgIpc) is 3.73. The van der Waals surface area contributed by atoms with Crippen LogP contribution in [-0.4, -0.2) is 66.3 Å². The summed E-state index contributed by atoms with van der Waals surface area (Å²) in [5, 5.41) is 0.668. The molecule has 13 heteroatoms. The average molecular weight is 881 g/mol. The van der Waals surface area contributed by atoms with Crippen LogP contribution in [0.25, 0.3) is 0 Å². The Hall–Kier alpha value is -0.780. The first-order valence-corrected chi connectivity index (χ1v) is 27.5. The van der Waals surface area contributed by atoms with E-state index >= 15 is 0 Å². The molecule has 0 aromatic rings. The molecule has 0 aromatic heterocycles. The van der Waals surface area contributed by atoms with Crippen molar-refractivity contribution < 1.29 is 47.1 Å². The predicted molar refractivity (Wildman–Crippen MR) is 241 cm³/mol. The molecule has 1 aliphatic rings. The number of ether oxygens (including phenoxy) is 3. The fourth-order valence-corrected chi connectivity index (χ4v) is 10.8. The van der Waals surface area contributed by atoms with Crippen molar-refractivity contribution in [3.63, 3.8) is 0 Å². The van der Waals surface area contributed by atoms with Crippen molar-refractivity contribution in [1.82, 2.24) is 0 Å². The second-order valence-electron chi connectivity index (χ2n) is 16.2. The number of hydrogen-bond donors (Lipinski definition) is 1. The second kappa shape index (κ2) is 40.3. The van der Waals surface area contributed by atoms with Gasteiger partial charge in [-0.3, -0.25) is 23.4 Å². The molecule has 1 rings (SSSR count). The largest absolute Gasteiger partial charge is 0.472 e. The highest BCUT2D eigenvalue weighted by Gasteiger charge is 2.26. The van der Waals surface area contributed by atoms with E-state index in [1.165, 1.54) is 134 Å². The second-order valence-corrected chi connectivity index (χ2v) is 20.4. The summed E-state index contributed by atoms with van der Waals surface area (Å²) in [5.74, 6) is -0.0522. The van der Waals surface area contributed by atoms with E-state index in [9.17, 15) is 23.8 Å². The zero-order valence-electron chi connectivity index (χ0n) is 36.9. The number of phosphoric acid groups is 1. The van der Waals surface area contributed by atoms with Crippen molar-refractivity contribution in [1.29, 1.82) is 0 Å². The lowest BCUT2D eigenvalue weighted by Crippen LogP contribution is -2.29. The Labute approximate surface area is 362 Å². The highest BCUT2D eigenvalue weighted by atomic mass is 33.1. The van der Waals surface area contributed by atoms with Crippen LogP contribution >= 0.6 is 29.4 Å². The van der Waals surface area contributed by atoms with Gasteiger partial charge in [-0.2, -0.15) is 0 Å². The smallest absolute Gasteiger partial charge is 0.463 e. The van der Waals surface area contributed by atoms with Crippen molar-refractivity contribution in [2.45, 2.75) is 237 Å². The van der Waals surface area contributed by atoms with Crippen LogP contribution in [0.5, 0.6) is 0 Å². The van der Waals surface area contributed by atoms with E-state index in [4.69, 9.17) is 23.3 Å².